The molecule has 1 aromatic rings. The molecule has 0 N–H and O–H groups in total. The molecule has 0 radical (unpaired) electrons. The van der Waals surface area contributed by atoms with Gasteiger partial charge >= 0.3 is 0 Å². The molecule has 3 rings (SSSR count). The van der Waals surface area contributed by atoms with E-state index in [4.69, 9.17) is 0 Å². The molecule has 3 heteroatoms. The summed E-state index contributed by atoms with van der Waals surface area (Å²) in [5, 5.41) is 0. The number of piperidine rings is 1. The quantitative estimate of drug-likeness (QED) is 0.423. The number of aldehydes is 1. The fourth-order valence-corrected chi connectivity index (χ4v) is 5.46. The average Bonchev–Trinajstić information content (AvgIpc) is 2.78. The van der Waals surface area contributed by atoms with Gasteiger partial charge in [0, 0.05) is 24.7 Å². The molecule has 168 valence electrons. The second-order valence-electron chi connectivity index (χ2n) is 10.1. The molecule has 1 saturated carbocycles. The molecule has 1 saturated heterocycles. The van der Waals surface area contributed by atoms with Gasteiger partial charge in [-0.15, -0.1) is 0 Å². The summed E-state index contributed by atoms with van der Waals surface area (Å²) < 4.78 is 0. The lowest BCUT2D eigenvalue weighted by molar-refractivity contribution is 0.112. The van der Waals surface area contributed by atoms with Crippen molar-refractivity contribution in [3.63, 3.8) is 0 Å². The van der Waals surface area contributed by atoms with Crippen molar-refractivity contribution in [2.45, 2.75) is 96.6 Å². The molecule has 1 atom stereocenters. The van der Waals surface area contributed by atoms with Crippen LogP contribution in [0.1, 0.15) is 105 Å². The number of likely N-dealkylation sites (tertiary alicyclic amines) is 1. The molecule has 2 aliphatic rings. The molecule has 1 aliphatic carbocycles. The van der Waals surface area contributed by atoms with Crippen molar-refractivity contribution < 1.29 is 4.79 Å². The van der Waals surface area contributed by atoms with E-state index < -0.39 is 0 Å². The summed E-state index contributed by atoms with van der Waals surface area (Å²) in [6.45, 7) is 9.22. The van der Waals surface area contributed by atoms with Gasteiger partial charge in [0.1, 0.15) is 6.29 Å². The summed E-state index contributed by atoms with van der Waals surface area (Å²) >= 11 is 0. The van der Waals surface area contributed by atoms with Crippen LogP contribution in [0.4, 0.5) is 0 Å². The largest absolute Gasteiger partial charge is 0.303 e. The fourth-order valence-electron chi connectivity index (χ4n) is 5.46. The van der Waals surface area contributed by atoms with Crippen LogP contribution in [0, 0.1) is 5.92 Å². The molecule has 30 heavy (non-hydrogen) atoms. The lowest BCUT2D eigenvalue weighted by Crippen LogP contribution is -2.37. The van der Waals surface area contributed by atoms with Gasteiger partial charge in [-0.2, -0.15) is 0 Å². The standard InChI is InChI=1S/C27H44N2O/c1-4-5-9-22(2)28(3)20-27-18-25(12-13-26(27)21-30)24-14-16-29(17-15-24)19-23-10-7-6-8-11-23/h12-13,18,21-24H,4-11,14-17,19-20H2,1-3H3. The summed E-state index contributed by atoms with van der Waals surface area (Å²) in [5.74, 6) is 1.59. The second-order valence-corrected chi connectivity index (χ2v) is 10.1. The minimum absolute atomic E-state index is 0.552. The Balaban J connectivity index is 1.57. The predicted molar refractivity (Wildman–Crippen MR) is 127 cm³/mol. The molecule has 1 aliphatic heterocycles. The second kappa shape index (κ2) is 12.0. The zero-order valence-electron chi connectivity index (χ0n) is 19.7. The van der Waals surface area contributed by atoms with Gasteiger partial charge in [-0.05, 0) is 82.1 Å². The summed E-state index contributed by atoms with van der Waals surface area (Å²) in [6.07, 6.45) is 14.5. The Morgan fingerprint density at radius 1 is 1.13 bits per heavy atom. The number of hydrogen-bond donors (Lipinski definition) is 0. The first-order chi connectivity index (χ1) is 14.6. The van der Waals surface area contributed by atoms with Crippen LogP contribution < -0.4 is 0 Å². The fraction of sp³-hybridized carbons (Fsp3) is 0.741. The van der Waals surface area contributed by atoms with Crippen LogP contribution in [0.2, 0.25) is 0 Å². The third-order valence-electron chi connectivity index (χ3n) is 7.74. The lowest BCUT2D eigenvalue weighted by Gasteiger charge is -2.35. The van der Waals surface area contributed by atoms with Crippen molar-refractivity contribution in [3.8, 4) is 0 Å². The Hall–Kier alpha value is -1.19. The van der Waals surface area contributed by atoms with Crippen LogP contribution in [0.15, 0.2) is 18.2 Å². The Morgan fingerprint density at radius 3 is 2.53 bits per heavy atom. The zero-order chi connectivity index (χ0) is 21.3. The van der Waals surface area contributed by atoms with Crippen molar-refractivity contribution >= 4 is 6.29 Å². The Labute approximate surface area is 185 Å². The smallest absolute Gasteiger partial charge is 0.150 e. The summed E-state index contributed by atoms with van der Waals surface area (Å²) in [5.41, 5.74) is 3.52. The number of unbranched alkanes of at least 4 members (excludes halogenated alkanes) is 1. The molecule has 2 fully saturated rings. The maximum absolute atomic E-state index is 11.6. The van der Waals surface area contributed by atoms with Crippen LogP contribution >= 0.6 is 0 Å². The maximum atomic E-state index is 11.6. The molecular formula is C27H44N2O. The SMILES string of the molecule is CCCCC(C)N(C)Cc1cc(C2CCN(CC3CCCCC3)CC2)ccc1C=O. The van der Waals surface area contributed by atoms with Crippen LogP contribution in [-0.2, 0) is 6.54 Å². The van der Waals surface area contributed by atoms with Gasteiger partial charge in [0.2, 0.25) is 0 Å². The molecule has 0 aromatic heterocycles. The number of carbonyl (C=O) groups is 1. The van der Waals surface area contributed by atoms with E-state index >= 15 is 0 Å². The van der Waals surface area contributed by atoms with Gasteiger partial charge in [-0.3, -0.25) is 9.69 Å². The normalized spacial score (nSPS) is 20.5. The van der Waals surface area contributed by atoms with Crippen molar-refractivity contribution in [2.75, 3.05) is 26.7 Å². The van der Waals surface area contributed by atoms with Gasteiger partial charge in [-0.25, -0.2) is 0 Å². The minimum atomic E-state index is 0.552. The number of carbonyl (C=O) groups excluding carboxylic acids is 1. The number of hydrogen-bond acceptors (Lipinski definition) is 3. The van der Waals surface area contributed by atoms with Crippen LogP contribution in [0.5, 0.6) is 0 Å². The van der Waals surface area contributed by atoms with Gasteiger partial charge in [0.25, 0.3) is 0 Å². The third-order valence-corrected chi connectivity index (χ3v) is 7.74. The van der Waals surface area contributed by atoms with Gasteiger partial charge in [0.15, 0.2) is 0 Å². The minimum Gasteiger partial charge on any atom is -0.303 e. The van der Waals surface area contributed by atoms with Crippen LogP contribution in [0.25, 0.3) is 0 Å². The van der Waals surface area contributed by atoms with E-state index in [1.165, 1.54) is 95.0 Å². The molecule has 1 unspecified atom stereocenters. The highest BCUT2D eigenvalue weighted by molar-refractivity contribution is 5.77. The van der Waals surface area contributed by atoms with E-state index in [0.717, 1.165) is 24.3 Å². The highest BCUT2D eigenvalue weighted by atomic mass is 16.1. The first-order valence-electron chi connectivity index (χ1n) is 12.6. The van der Waals surface area contributed by atoms with Gasteiger partial charge < -0.3 is 4.90 Å². The van der Waals surface area contributed by atoms with Crippen molar-refractivity contribution in [3.05, 3.63) is 34.9 Å². The average molecular weight is 413 g/mol. The monoisotopic (exact) mass is 412 g/mol. The van der Waals surface area contributed by atoms with Crippen molar-refractivity contribution in [2.24, 2.45) is 5.92 Å². The molecule has 0 spiro atoms. The summed E-state index contributed by atoms with van der Waals surface area (Å²) in [7, 11) is 2.20. The molecule has 3 nitrogen and oxygen atoms in total. The lowest BCUT2D eigenvalue weighted by atomic mass is 9.85. The Morgan fingerprint density at radius 2 is 1.87 bits per heavy atom. The molecule has 0 amide bonds. The predicted octanol–water partition coefficient (Wildman–Crippen LogP) is 6.27. The first kappa shape index (κ1) is 23.5. The Bertz CT molecular complexity index is 644. The zero-order valence-corrected chi connectivity index (χ0v) is 19.7. The number of rotatable bonds is 10. The van der Waals surface area contributed by atoms with E-state index in [-0.39, 0.29) is 0 Å². The van der Waals surface area contributed by atoms with E-state index in [0.29, 0.717) is 12.0 Å². The molecule has 1 heterocycles. The number of nitrogens with zero attached hydrogens (tertiary/aromatic N) is 2. The van der Waals surface area contributed by atoms with Gasteiger partial charge in [-0.1, -0.05) is 57.2 Å². The van der Waals surface area contributed by atoms with Crippen molar-refractivity contribution in [1.82, 2.24) is 9.80 Å². The first-order valence-corrected chi connectivity index (χ1v) is 12.6. The highest BCUT2D eigenvalue weighted by Gasteiger charge is 2.24. The molecule has 1 aromatic carbocycles. The summed E-state index contributed by atoms with van der Waals surface area (Å²) in [4.78, 5) is 16.8. The van der Waals surface area contributed by atoms with E-state index in [2.05, 4.69) is 48.9 Å². The summed E-state index contributed by atoms with van der Waals surface area (Å²) in [6, 6.07) is 7.18. The van der Waals surface area contributed by atoms with Crippen molar-refractivity contribution in [1.29, 1.82) is 0 Å². The Kier molecular flexibility index (Phi) is 9.39. The number of benzene rings is 1. The van der Waals surface area contributed by atoms with E-state index in [1.807, 2.05) is 0 Å². The van der Waals surface area contributed by atoms with Gasteiger partial charge in [0.05, 0.1) is 0 Å². The van der Waals surface area contributed by atoms with Crippen LogP contribution in [0.3, 0.4) is 0 Å². The molecule has 0 bridgehead atoms. The molecular weight excluding hydrogens is 368 g/mol. The maximum Gasteiger partial charge on any atom is 0.150 e. The van der Waals surface area contributed by atoms with E-state index in [9.17, 15) is 4.79 Å². The third kappa shape index (κ3) is 6.65. The van der Waals surface area contributed by atoms with E-state index in [1.54, 1.807) is 0 Å². The van der Waals surface area contributed by atoms with Crippen LogP contribution in [-0.4, -0.2) is 48.8 Å². The highest BCUT2D eigenvalue weighted by Crippen LogP contribution is 2.31. The topological polar surface area (TPSA) is 23.6 Å².